The van der Waals surface area contributed by atoms with Gasteiger partial charge in [0.05, 0.1) is 18.5 Å². The number of fused-ring (bicyclic) bond motifs is 1. The van der Waals surface area contributed by atoms with Crippen LogP contribution >= 0.6 is 0 Å². The fourth-order valence-electron chi connectivity index (χ4n) is 3.06. The lowest BCUT2D eigenvalue weighted by Gasteiger charge is -2.06. The lowest BCUT2D eigenvalue weighted by molar-refractivity contribution is 0.301. The largest absolute Gasteiger partial charge is 0.496 e. The second-order valence-electron chi connectivity index (χ2n) is 6.16. The van der Waals surface area contributed by atoms with Crippen molar-refractivity contribution in [1.29, 1.82) is 0 Å². The Labute approximate surface area is 156 Å². The van der Waals surface area contributed by atoms with E-state index in [1.54, 1.807) is 7.11 Å². The van der Waals surface area contributed by atoms with Gasteiger partial charge in [-0.1, -0.05) is 30.3 Å². The van der Waals surface area contributed by atoms with Gasteiger partial charge in [0.2, 0.25) is 0 Å². The van der Waals surface area contributed by atoms with Crippen molar-refractivity contribution in [2.24, 2.45) is 0 Å². The molecule has 2 aromatic carbocycles. The molecule has 27 heavy (non-hydrogen) atoms. The summed E-state index contributed by atoms with van der Waals surface area (Å²) in [5.41, 5.74) is 3.53. The van der Waals surface area contributed by atoms with Crippen LogP contribution in [0.1, 0.15) is 11.3 Å². The van der Waals surface area contributed by atoms with Crippen LogP contribution in [-0.2, 0) is 6.61 Å². The van der Waals surface area contributed by atoms with Gasteiger partial charge in [-0.25, -0.2) is 9.50 Å². The summed E-state index contributed by atoms with van der Waals surface area (Å²) in [5, 5.41) is 3.15. The van der Waals surface area contributed by atoms with Crippen LogP contribution in [-0.4, -0.2) is 21.7 Å². The summed E-state index contributed by atoms with van der Waals surface area (Å²) >= 11 is 0. The second-order valence-corrected chi connectivity index (χ2v) is 6.16. The Balaban J connectivity index is 1.74. The Morgan fingerprint density at radius 2 is 1.81 bits per heavy atom. The number of aromatic amines is 1. The first kappa shape index (κ1) is 16.9. The number of ether oxygens (including phenoxy) is 2. The fraction of sp³-hybridized carbons (Fsp3) is 0.143. The molecule has 0 spiro atoms. The zero-order valence-corrected chi connectivity index (χ0v) is 15.1. The van der Waals surface area contributed by atoms with E-state index >= 15 is 0 Å². The molecule has 2 heterocycles. The monoisotopic (exact) mass is 361 g/mol. The molecule has 0 atom stereocenters. The lowest BCUT2D eigenvalue weighted by atomic mass is 10.1. The van der Waals surface area contributed by atoms with E-state index in [0.29, 0.717) is 11.3 Å². The molecule has 1 N–H and O–H groups in total. The van der Waals surface area contributed by atoms with Crippen LogP contribution in [0.25, 0.3) is 16.9 Å². The molecule has 0 unspecified atom stereocenters. The Morgan fingerprint density at radius 3 is 2.59 bits per heavy atom. The van der Waals surface area contributed by atoms with Crippen LogP contribution in [0.4, 0.5) is 0 Å². The van der Waals surface area contributed by atoms with E-state index in [1.807, 2.05) is 61.5 Å². The molecule has 0 radical (unpaired) electrons. The van der Waals surface area contributed by atoms with E-state index in [0.717, 1.165) is 28.3 Å². The molecule has 6 nitrogen and oxygen atoms in total. The van der Waals surface area contributed by atoms with Crippen molar-refractivity contribution in [1.82, 2.24) is 14.6 Å². The number of aromatic nitrogens is 3. The molecule has 0 fully saturated rings. The van der Waals surface area contributed by atoms with Gasteiger partial charge in [0.15, 0.2) is 5.65 Å². The maximum atomic E-state index is 12.6. The molecule has 4 rings (SSSR count). The minimum absolute atomic E-state index is 0.184. The first-order valence-corrected chi connectivity index (χ1v) is 8.60. The maximum Gasteiger partial charge on any atom is 0.273 e. The summed E-state index contributed by atoms with van der Waals surface area (Å²) in [6.45, 7) is 2.16. The molecule has 6 heteroatoms. The highest BCUT2D eigenvalue weighted by molar-refractivity contribution is 5.74. The van der Waals surface area contributed by atoms with E-state index in [-0.39, 0.29) is 12.2 Å². The van der Waals surface area contributed by atoms with Crippen molar-refractivity contribution in [3.05, 3.63) is 82.3 Å². The molecular formula is C21H19N3O3. The average Bonchev–Trinajstić information content (AvgIpc) is 3.04. The first-order chi connectivity index (χ1) is 13.2. The topological polar surface area (TPSA) is 68.6 Å². The van der Waals surface area contributed by atoms with Gasteiger partial charge in [-0.3, -0.25) is 9.89 Å². The van der Waals surface area contributed by atoms with Gasteiger partial charge in [0.1, 0.15) is 18.1 Å². The standard InChI is InChI=1S/C21H19N3O3/c1-14-20(17-10-6-7-11-18(17)26-2)23-24-19(25)12-15(22-21(14)24)13-27-16-8-4-3-5-9-16/h3-12,23H,13H2,1-2H3. The highest BCUT2D eigenvalue weighted by Crippen LogP contribution is 2.31. The summed E-state index contributed by atoms with van der Waals surface area (Å²) < 4.78 is 12.6. The van der Waals surface area contributed by atoms with Crippen molar-refractivity contribution in [2.45, 2.75) is 13.5 Å². The normalized spacial score (nSPS) is 10.9. The fourth-order valence-corrected chi connectivity index (χ4v) is 3.06. The third-order valence-electron chi connectivity index (χ3n) is 4.41. The summed E-state index contributed by atoms with van der Waals surface area (Å²) in [6.07, 6.45) is 0. The molecule has 0 aliphatic heterocycles. The number of nitrogens with zero attached hydrogens (tertiary/aromatic N) is 2. The quantitative estimate of drug-likeness (QED) is 0.590. The third kappa shape index (κ3) is 3.17. The zero-order valence-electron chi connectivity index (χ0n) is 15.1. The highest BCUT2D eigenvalue weighted by atomic mass is 16.5. The maximum absolute atomic E-state index is 12.6. The molecule has 2 aromatic heterocycles. The van der Waals surface area contributed by atoms with Crippen molar-refractivity contribution in [3.8, 4) is 22.8 Å². The molecular weight excluding hydrogens is 342 g/mol. The molecule has 0 amide bonds. The van der Waals surface area contributed by atoms with E-state index in [9.17, 15) is 4.79 Å². The SMILES string of the molecule is COc1ccccc1-c1[nH]n2c(=O)cc(COc3ccccc3)nc2c1C. The average molecular weight is 361 g/mol. The molecule has 0 aliphatic carbocycles. The molecule has 4 aromatic rings. The smallest absolute Gasteiger partial charge is 0.273 e. The Bertz CT molecular complexity index is 1150. The number of para-hydroxylation sites is 2. The molecule has 0 saturated heterocycles. The minimum atomic E-state index is -0.184. The lowest BCUT2D eigenvalue weighted by Crippen LogP contribution is -2.16. The van der Waals surface area contributed by atoms with Gasteiger partial charge in [-0.05, 0) is 31.2 Å². The first-order valence-electron chi connectivity index (χ1n) is 8.60. The van der Waals surface area contributed by atoms with Crippen molar-refractivity contribution in [3.63, 3.8) is 0 Å². The second kappa shape index (κ2) is 6.99. The van der Waals surface area contributed by atoms with Crippen LogP contribution in [0.15, 0.2) is 65.5 Å². The van der Waals surface area contributed by atoms with Crippen LogP contribution < -0.4 is 15.0 Å². The van der Waals surface area contributed by atoms with Crippen molar-refractivity contribution >= 4 is 5.65 Å². The number of nitrogens with one attached hydrogen (secondary N) is 1. The predicted molar refractivity (Wildman–Crippen MR) is 103 cm³/mol. The number of hydrogen-bond donors (Lipinski definition) is 1. The van der Waals surface area contributed by atoms with Crippen molar-refractivity contribution in [2.75, 3.05) is 7.11 Å². The van der Waals surface area contributed by atoms with Gasteiger partial charge in [0, 0.05) is 17.2 Å². The van der Waals surface area contributed by atoms with E-state index in [4.69, 9.17) is 9.47 Å². The van der Waals surface area contributed by atoms with E-state index in [1.165, 1.54) is 10.6 Å². The van der Waals surface area contributed by atoms with Crippen molar-refractivity contribution < 1.29 is 9.47 Å². The number of aryl methyl sites for hydroxylation is 1. The zero-order chi connectivity index (χ0) is 18.8. The Hall–Kier alpha value is -3.54. The number of methoxy groups -OCH3 is 1. The van der Waals surface area contributed by atoms with Crippen LogP contribution in [0.3, 0.4) is 0 Å². The van der Waals surface area contributed by atoms with Gasteiger partial charge in [-0.2, -0.15) is 0 Å². The summed E-state index contributed by atoms with van der Waals surface area (Å²) in [5.74, 6) is 1.47. The predicted octanol–water partition coefficient (Wildman–Crippen LogP) is 3.59. The third-order valence-corrected chi connectivity index (χ3v) is 4.41. The number of H-pyrrole nitrogens is 1. The molecule has 0 saturated carbocycles. The van der Waals surface area contributed by atoms with Gasteiger partial charge >= 0.3 is 0 Å². The summed E-state index contributed by atoms with van der Waals surface area (Å²) in [4.78, 5) is 17.2. The number of benzene rings is 2. The van der Waals surface area contributed by atoms with Gasteiger partial charge in [0.25, 0.3) is 5.56 Å². The van der Waals surface area contributed by atoms with Crippen LogP contribution in [0.2, 0.25) is 0 Å². The summed E-state index contributed by atoms with van der Waals surface area (Å²) in [7, 11) is 1.63. The number of rotatable bonds is 5. The van der Waals surface area contributed by atoms with Gasteiger partial charge in [-0.15, -0.1) is 0 Å². The molecule has 0 aliphatic rings. The van der Waals surface area contributed by atoms with Crippen LogP contribution in [0, 0.1) is 6.92 Å². The number of hydrogen-bond acceptors (Lipinski definition) is 4. The van der Waals surface area contributed by atoms with Gasteiger partial charge < -0.3 is 9.47 Å². The van der Waals surface area contributed by atoms with E-state index in [2.05, 4.69) is 10.1 Å². The molecule has 0 bridgehead atoms. The summed E-state index contributed by atoms with van der Waals surface area (Å²) in [6, 6.07) is 18.6. The Morgan fingerprint density at radius 1 is 1.07 bits per heavy atom. The minimum Gasteiger partial charge on any atom is -0.496 e. The highest BCUT2D eigenvalue weighted by Gasteiger charge is 2.16. The molecule has 136 valence electrons. The van der Waals surface area contributed by atoms with E-state index < -0.39 is 0 Å². The van der Waals surface area contributed by atoms with Crippen LogP contribution in [0.5, 0.6) is 11.5 Å². The Kier molecular flexibility index (Phi) is 4.38.